The van der Waals surface area contributed by atoms with Crippen LogP contribution in [0.2, 0.25) is 0 Å². The third-order valence-corrected chi connectivity index (χ3v) is 11.3. The molecule has 2 saturated carbocycles. The molecular formula is C38H47N5O11S. The average Bonchev–Trinajstić information content (AvgIpc) is 4.04. The summed E-state index contributed by atoms with van der Waals surface area (Å²) in [6.07, 6.45) is 2.73. The van der Waals surface area contributed by atoms with Gasteiger partial charge in [0.25, 0.3) is 5.91 Å². The number of allylic oxidation sites excluding steroid dienone is 1. The number of carbonyl (C=O) groups excluding carboxylic acids is 5. The van der Waals surface area contributed by atoms with Crippen LogP contribution in [0.3, 0.4) is 0 Å². The molecule has 296 valence electrons. The molecule has 2 aromatic carbocycles. The zero-order chi connectivity index (χ0) is 39.4. The molecule has 0 aromatic heterocycles. The van der Waals surface area contributed by atoms with Gasteiger partial charge in [-0.2, -0.15) is 0 Å². The number of carbonyl (C=O) groups is 5. The van der Waals surface area contributed by atoms with Crippen LogP contribution in [-0.2, 0) is 38.6 Å². The summed E-state index contributed by atoms with van der Waals surface area (Å²) >= 11 is 0. The fraction of sp³-hybridized carbons (Fsp3) is 0.500. The van der Waals surface area contributed by atoms with E-state index >= 15 is 0 Å². The van der Waals surface area contributed by atoms with E-state index in [1.165, 1.54) is 4.90 Å². The van der Waals surface area contributed by atoms with Crippen molar-refractivity contribution in [1.29, 1.82) is 0 Å². The molecule has 6 rings (SSSR count). The fourth-order valence-corrected chi connectivity index (χ4v) is 7.86. The highest BCUT2D eigenvalue weighted by atomic mass is 32.2. The maximum Gasteiger partial charge on any atom is 0.412 e. The lowest BCUT2D eigenvalue weighted by Gasteiger charge is -2.30. The number of rotatable bonds is 8. The number of alkyl carbamates (subject to hydrolysis) is 1. The normalized spacial score (nSPS) is 25.8. The van der Waals surface area contributed by atoms with Crippen LogP contribution in [0.5, 0.6) is 11.5 Å². The van der Waals surface area contributed by atoms with E-state index in [9.17, 15) is 32.4 Å². The van der Waals surface area contributed by atoms with E-state index in [1.807, 2.05) is 12.1 Å². The Morgan fingerprint density at radius 3 is 2.45 bits per heavy atom. The van der Waals surface area contributed by atoms with Gasteiger partial charge in [-0.3, -0.25) is 24.4 Å². The second kappa shape index (κ2) is 16.3. The number of para-hydroxylation sites is 3. The van der Waals surface area contributed by atoms with Gasteiger partial charge >= 0.3 is 12.2 Å². The van der Waals surface area contributed by atoms with Crippen molar-refractivity contribution in [3.8, 4) is 11.5 Å². The second-order valence-corrected chi connectivity index (χ2v) is 17.1. The molecule has 2 aromatic rings. The van der Waals surface area contributed by atoms with Crippen molar-refractivity contribution in [2.75, 3.05) is 25.1 Å². The molecule has 16 nitrogen and oxygen atoms in total. The molecule has 2 aliphatic heterocycles. The Balaban J connectivity index is 1.24. The first-order valence-electron chi connectivity index (χ1n) is 18.4. The van der Waals surface area contributed by atoms with Gasteiger partial charge in [0.15, 0.2) is 5.75 Å². The van der Waals surface area contributed by atoms with Crippen LogP contribution in [0.25, 0.3) is 0 Å². The first-order chi connectivity index (χ1) is 26.1. The third kappa shape index (κ3) is 10.1. The summed E-state index contributed by atoms with van der Waals surface area (Å²) in [5.74, 6) is -1.97. The van der Waals surface area contributed by atoms with Gasteiger partial charge in [0.2, 0.25) is 21.8 Å². The van der Waals surface area contributed by atoms with E-state index in [0.29, 0.717) is 42.9 Å². The molecule has 4 N–H and O–H groups in total. The largest absolute Gasteiger partial charge is 0.455 e. The van der Waals surface area contributed by atoms with E-state index in [4.69, 9.17) is 18.9 Å². The Labute approximate surface area is 319 Å². The number of amides is 5. The van der Waals surface area contributed by atoms with Crippen LogP contribution < -0.4 is 25.4 Å². The topological polar surface area (TPSA) is 208 Å². The first-order valence-corrected chi connectivity index (χ1v) is 19.9. The summed E-state index contributed by atoms with van der Waals surface area (Å²) < 4.78 is 50.6. The number of ether oxygens (including phenoxy) is 4. The molecular weight excluding hydrogens is 735 g/mol. The number of nitrogens with zero attached hydrogens (tertiary/aromatic N) is 1. The molecule has 0 bridgehead atoms. The molecule has 0 spiro atoms. The molecule has 0 radical (unpaired) electrons. The molecule has 2 aliphatic carbocycles. The minimum Gasteiger partial charge on any atom is -0.455 e. The smallest absolute Gasteiger partial charge is 0.412 e. The highest BCUT2D eigenvalue weighted by Crippen LogP contribution is 2.46. The molecule has 55 heavy (non-hydrogen) atoms. The number of hydrogen-bond acceptors (Lipinski definition) is 11. The fourth-order valence-electron chi connectivity index (χ4n) is 6.50. The van der Waals surface area contributed by atoms with Crippen LogP contribution in [0.4, 0.5) is 15.3 Å². The lowest BCUT2D eigenvalue weighted by molar-refractivity contribution is -0.142. The predicted molar refractivity (Wildman–Crippen MR) is 198 cm³/mol. The molecule has 5 unspecified atom stereocenters. The van der Waals surface area contributed by atoms with Gasteiger partial charge in [0.05, 0.1) is 24.1 Å². The van der Waals surface area contributed by atoms with Crippen molar-refractivity contribution in [2.24, 2.45) is 5.92 Å². The van der Waals surface area contributed by atoms with Gasteiger partial charge in [-0.15, -0.1) is 0 Å². The molecule has 3 fully saturated rings. The summed E-state index contributed by atoms with van der Waals surface area (Å²) in [5.41, 5.74) is -2.16. The van der Waals surface area contributed by atoms with E-state index in [2.05, 4.69) is 20.7 Å². The van der Waals surface area contributed by atoms with E-state index in [-0.39, 0.29) is 32.6 Å². The van der Waals surface area contributed by atoms with Gasteiger partial charge in [-0.1, -0.05) is 42.5 Å². The number of nitrogens with one attached hydrogen (secondary N) is 4. The Morgan fingerprint density at radius 2 is 1.73 bits per heavy atom. The van der Waals surface area contributed by atoms with E-state index in [1.54, 1.807) is 75.4 Å². The maximum atomic E-state index is 14.3. The summed E-state index contributed by atoms with van der Waals surface area (Å²) in [6.45, 7) is 4.73. The highest BCUT2D eigenvalue weighted by Gasteiger charge is 2.62. The van der Waals surface area contributed by atoms with Crippen molar-refractivity contribution in [1.82, 2.24) is 20.3 Å². The van der Waals surface area contributed by atoms with Crippen molar-refractivity contribution >= 4 is 45.6 Å². The number of hydrogen-bond donors (Lipinski definition) is 4. The van der Waals surface area contributed by atoms with Crippen LogP contribution in [0.15, 0.2) is 66.7 Å². The van der Waals surface area contributed by atoms with Gasteiger partial charge in [0.1, 0.15) is 35.1 Å². The summed E-state index contributed by atoms with van der Waals surface area (Å²) in [7, 11) is -3.94. The zero-order valence-electron chi connectivity index (χ0n) is 30.9. The SMILES string of the molecule is CC(C)(C)OC(=O)NC1COCCCC=CC2CC2(C(=O)NS(=O)(=O)C2CC2)NC(=O)C2CC(OC(=O)Nc3ccccc3Oc3ccccc3)CN2C1=O. The molecule has 2 heterocycles. The van der Waals surface area contributed by atoms with Gasteiger partial charge in [-0.25, -0.2) is 18.0 Å². The van der Waals surface area contributed by atoms with Gasteiger partial charge in [0, 0.05) is 18.9 Å². The Hall–Kier alpha value is -5.16. The van der Waals surface area contributed by atoms with Crippen LogP contribution >= 0.6 is 0 Å². The van der Waals surface area contributed by atoms with Crippen molar-refractivity contribution in [2.45, 2.75) is 93.9 Å². The molecule has 5 amide bonds. The van der Waals surface area contributed by atoms with Crippen molar-refractivity contribution in [3.05, 3.63) is 66.7 Å². The van der Waals surface area contributed by atoms with Gasteiger partial charge < -0.3 is 34.5 Å². The van der Waals surface area contributed by atoms with Crippen LogP contribution in [-0.4, -0.2) is 97.6 Å². The summed E-state index contributed by atoms with van der Waals surface area (Å²) in [6, 6.07) is 13.1. The van der Waals surface area contributed by atoms with E-state index < -0.39 is 80.4 Å². The van der Waals surface area contributed by atoms with Crippen LogP contribution in [0.1, 0.15) is 59.3 Å². The Bertz CT molecular complexity index is 1910. The second-order valence-electron chi connectivity index (χ2n) is 15.1. The Kier molecular flexibility index (Phi) is 11.7. The number of benzene rings is 2. The Morgan fingerprint density at radius 1 is 1.00 bits per heavy atom. The predicted octanol–water partition coefficient (Wildman–Crippen LogP) is 3.74. The minimum absolute atomic E-state index is 0.133. The summed E-state index contributed by atoms with van der Waals surface area (Å²) in [5, 5.41) is 7.32. The van der Waals surface area contributed by atoms with Crippen LogP contribution in [0, 0.1) is 5.92 Å². The first kappa shape index (κ1) is 39.5. The standard InChI is InChI=1S/C38H47N5O11S/c1-37(2,3)54-36(48)40-29-23-51-19-11-5-6-12-24-21-38(24,34(46)42-55(49,50)27-17-18-27)41-32(44)30-20-26(22-43(30)33(29)45)53-35(47)39-28-15-9-10-16-31(28)52-25-13-7-4-8-14-25/h4,6-10,12-16,24,26-27,29-30H,5,11,17-23H2,1-3H3,(H,39,47)(H,40,48)(H,41,44)(H,42,46). The highest BCUT2D eigenvalue weighted by molar-refractivity contribution is 7.91. The van der Waals surface area contributed by atoms with Crippen molar-refractivity contribution in [3.63, 3.8) is 0 Å². The molecule has 5 atom stereocenters. The third-order valence-electron chi connectivity index (χ3n) is 9.48. The average molecular weight is 782 g/mol. The van der Waals surface area contributed by atoms with E-state index in [0.717, 1.165) is 0 Å². The lowest BCUT2D eigenvalue weighted by atomic mass is 10.1. The molecule has 4 aliphatic rings. The zero-order valence-corrected chi connectivity index (χ0v) is 31.8. The number of fused-ring (bicyclic) bond motifs is 2. The quantitative estimate of drug-likeness (QED) is 0.284. The number of sulfonamides is 1. The van der Waals surface area contributed by atoms with Gasteiger partial charge in [-0.05, 0) is 77.1 Å². The monoisotopic (exact) mass is 781 g/mol. The molecule has 1 saturated heterocycles. The number of anilines is 1. The molecule has 17 heteroatoms. The minimum atomic E-state index is -3.94. The lowest BCUT2D eigenvalue weighted by Crippen LogP contribution is -2.59. The van der Waals surface area contributed by atoms with Crippen molar-refractivity contribution < 1.29 is 51.3 Å². The summed E-state index contributed by atoms with van der Waals surface area (Å²) in [4.78, 5) is 69.5. The maximum absolute atomic E-state index is 14.3.